The minimum atomic E-state index is -0.521. The number of nitro groups is 1. The van der Waals surface area contributed by atoms with Gasteiger partial charge in [-0.3, -0.25) is 19.7 Å². The Labute approximate surface area is 173 Å². The smallest absolute Gasteiger partial charge is 0.293 e. The fraction of sp³-hybridized carbons (Fsp3) is 0.0909. The van der Waals surface area contributed by atoms with E-state index in [1.54, 1.807) is 24.3 Å². The number of nitrogens with zero attached hydrogens (tertiary/aromatic N) is 1. The molecule has 2 amide bonds. The Morgan fingerprint density at radius 3 is 2.13 bits per heavy atom. The number of anilines is 3. The van der Waals surface area contributed by atoms with Crippen LogP contribution in [0.1, 0.15) is 22.8 Å². The van der Waals surface area contributed by atoms with Crippen LogP contribution in [0.4, 0.5) is 22.7 Å². The number of benzene rings is 3. The fourth-order valence-corrected chi connectivity index (χ4v) is 2.81. The topological polar surface area (TPSA) is 113 Å². The molecule has 0 radical (unpaired) electrons. The van der Waals surface area contributed by atoms with Crippen LogP contribution in [0.15, 0.2) is 72.8 Å². The molecule has 30 heavy (non-hydrogen) atoms. The Morgan fingerprint density at radius 1 is 0.900 bits per heavy atom. The van der Waals surface area contributed by atoms with Gasteiger partial charge >= 0.3 is 0 Å². The van der Waals surface area contributed by atoms with E-state index >= 15 is 0 Å². The zero-order valence-electron chi connectivity index (χ0n) is 16.2. The zero-order valence-corrected chi connectivity index (χ0v) is 16.2. The lowest BCUT2D eigenvalue weighted by molar-refractivity contribution is -0.384. The number of rotatable bonds is 7. The van der Waals surface area contributed by atoms with Gasteiger partial charge in [-0.15, -0.1) is 0 Å². The molecule has 0 bridgehead atoms. The van der Waals surface area contributed by atoms with Crippen molar-refractivity contribution < 1.29 is 14.5 Å². The Kier molecular flexibility index (Phi) is 6.39. The van der Waals surface area contributed by atoms with Gasteiger partial charge in [-0.1, -0.05) is 30.3 Å². The zero-order chi connectivity index (χ0) is 21.5. The summed E-state index contributed by atoms with van der Waals surface area (Å²) in [6, 6.07) is 20.4. The molecule has 8 heteroatoms. The molecule has 0 aliphatic heterocycles. The van der Waals surface area contributed by atoms with Crippen molar-refractivity contribution in [3.63, 3.8) is 0 Å². The third-order valence-electron chi connectivity index (χ3n) is 4.25. The Morgan fingerprint density at radius 2 is 1.53 bits per heavy atom. The molecular weight excluding hydrogens is 384 g/mol. The molecule has 3 N–H and O–H groups in total. The summed E-state index contributed by atoms with van der Waals surface area (Å²) in [5, 5.41) is 19.9. The summed E-state index contributed by atoms with van der Waals surface area (Å²) in [6.07, 6.45) is 0. The minimum Gasteiger partial charge on any atom is -0.375 e. The average molecular weight is 404 g/mol. The molecule has 3 aromatic carbocycles. The van der Waals surface area contributed by atoms with Gasteiger partial charge in [-0.25, -0.2) is 0 Å². The van der Waals surface area contributed by atoms with Crippen LogP contribution in [0.5, 0.6) is 0 Å². The van der Waals surface area contributed by atoms with Crippen molar-refractivity contribution in [2.75, 3.05) is 16.0 Å². The van der Waals surface area contributed by atoms with Crippen LogP contribution < -0.4 is 16.0 Å². The van der Waals surface area contributed by atoms with E-state index in [0.29, 0.717) is 23.6 Å². The lowest BCUT2D eigenvalue weighted by Gasteiger charge is -2.10. The second kappa shape index (κ2) is 9.33. The minimum absolute atomic E-state index is 0.165. The number of hydrogen-bond donors (Lipinski definition) is 3. The highest BCUT2D eigenvalue weighted by Crippen LogP contribution is 2.27. The first-order valence-corrected chi connectivity index (χ1v) is 9.17. The predicted octanol–water partition coefficient (Wildman–Crippen LogP) is 4.42. The molecule has 152 valence electrons. The first-order valence-electron chi connectivity index (χ1n) is 9.17. The first kappa shape index (κ1) is 20.5. The van der Waals surface area contributed by atoms with Crippen LogP contribution in [0.25, 0.3) is 0 Å². The summed E-state index contributed by atoms with van der Waals surface area (Å²) in [6.45, 7) is 1.83. The van der Waals surface area contributed by atoms with Gasteiger partial charge in [0, 0.05) is 36.5 Å². The lowest BCUT2D eigenvalue weighted by Crippen LogP contribution is -2.13. The quantitative estimate of drug-likeness (QED) is 0.398. The summed E-state index contributed by atoms with van der Waals surface area (Å²) in [5.41, 5.74) is 2.40. The second-order valence-corrected chi connectivity index (χ2v) is 6.54. The largest absolute Gasteiger partial charge is 0.375 e. The van der Waals surface area contributed by atoms with Crippen molar-refractivity contribution >= 4 is 34.6 Å². The number of carbonyl (C=O) groups excluding carboxylic acids is 2. The Balaban J connectivity index is 1.72. The molecule has 0 aromatic heterocycles. The Hall–Kier alpha value is -4.20. The van der Waals surface area contributed by atoms with Crippen molar-refractivity contribution in [3.05, 3.63) is 94.0 Å². The molecule has 0 atom stereocenters. The first-order chi connectivity index (χ1) is 14.4. The van der Waals surface area contributed by atoms with Crippen LogP contribution in [0.2, 0.25) is 0 Å². The van der Waals surface area contributed by atoms with Crippen molar-refractivity contribution in [2.45, 2.75) is 13.5 Å². The monoisotopic (exact) mass is 404 g/mol. The van der Waals surface area contributed by atoms with E-state index in [2.05, 4.69) is 16.0 Å². The maximum atomic E-state index is 12.5. The summed E-state index contributed by atoms with van der Waals surface area (Å²) < 4.78 is 0. The van der Waals surface area contributed by atoms with Crippen molar-refractivity contribution in [1.29, 1.82) is 0 Å². The number of nitro benzene ring substituents is 1. The van der Waals surface area contributed by atoms with Crippen LogP contribution in [0, 0.1) is 10.1 Å². The van der Waals surface area contributed by atoms with Gasteiger partial charge < -0.3 is 16.0 Å². The summed E-state index contributed by atoms with van der Waals surface area (Å²) >= 11 is 0. The van der Waals surface area contributed by atoms with Crippen LogP contribution in [-0.4, -0.2) is 16.7 Å². The third kappa shape index (κ3) is 5.41. The molecule has 0 unspecified atom stereocenters. The van der Waals surface area contributed by atoms with Gasteiger partial charge in [0.05, 0.1) is 4.92 Å². The van der Waals surface area contributed by atoms with Crippen LogP contribution in [-0.2, 0) is 11.3 Å². The molecular formula is C22H20N4O4. The molecule has 0 saturated heterocycles. The molecule has 0 aliphatic rings. The maximum absolute atomic E-state index is 12.5. The fourth-order valence-electron chi connectivity index (χ4n) is 2.81. The van der Waals surface area contributed by atoms with Crippen molar-refractivity contribution in [2.24, 2.45) is 0 Å². The van der Waals surface area contributed by atoms with E-state index in [9.17, 15) is 19.7 Å². The van der Waals surface area contributed by atoms with E-state index in [0.717, 1.165) is 5.56 Å². The van der Waals surface area contributed by atoms with Gasteiger partial charge in [0.25, 0.3) is 11.6 Å². The number of amides is 2. The molecule has 0 fully saturated rings. The highest BCUT2D eigenvalue weighted by Gasteiger charge is 2.17. The second-order valence-electron chi connectivity index (χ2n) is 6.54. The highest BCUT2D eigenvalue weighted by atomic mass is 16.6. The molecule has 3 aromatic rings. The standard InChI is InChI=1S/C22H20N4O4/c1-15(27)24-18-8-10-19(11-9-18)25-22(28)17-7-12-20(21(13-17)26(29)30)23-14-16-5-3-2-4-6-16/h2-13,23H,14H2,1H3,(H,24,27)(H,25,28). The number of hydrogen-bond acceptors (Lipinski definition) is 5. The van der Waals surface area contributed by atoms with Gasteiger partial charge in [0.2, 0.25) is 5.91 Å². The lowest BCUT2D eigenvalue weighted by atomic mass is 10.1. The van der Waals surface area contributed by atoms with Crippen LogP contribution in [0.3, 0.4) is 0 Å². The van der Waals surface area contributed by atoms with E-state index in [4.69, 9.17) is 0 Å². The van der Waals surface area contributed by atoms with Gasteiger partial charge in [-0.2, -0.15) is 0 Å². The summed E-state index contributed by atoms with van der Waals surface area (Å²) in [7, 11) is 0. The normalized spacial score (nSPS) is 10.2. The Bertz CT molecular complexity index is 1070. The SMILES string of the molecule is CC(=O)Nc1ccc(NC(=O)c2ccc(NCc3ccccc3)c([N+](=O)[O-])c2)cc1. The summed E-state index contributed by atoms with van der Waals surface area (Å²) in [4.78, 5) is 34.5. The molecule has 8 nitrogen and oxygen atoms in total. The van der Waals surface area contributed by atoms with E-state index in [-0.39, 0.29) is 17.2 Å². The molecule has 0 heterocycles. The van der Waals surface area contributed by atoms with Crippen LogP contribution >= 0.6 is 0 Å². The van der Waals surface area contributed by atoms with E-state index < -0.39 is 10.8 Å². The predicted molar refractivity (Wildman–Crippen MR) is 116 cm³/mol. The third-order valence-corrected chi connectivity index (χ3v) is 4.25. The number of nitrogens with one attached hydrogen (secondary N) is 3. The molecule has 0 spiro atoms. The summed E-state index contributed by atoms with van der Waals surface area (Å²) in [5.74, 6) is -0.667. The van der Waals surface area contributed by atoms with Gasteiger partial charge in [-0.05, 0) is 42.0 Å². The maximum Gasteiger partial charge on any atom is 0.293 e. The highest BCUT2D eigenvalue weighted by molar-refractivity contribution is 6.05. The average Bonchev–Trinajstić information content (AvgIpc) is 2.74. The van der Waals surface area contributed by atoms with Gasteiger partial charge in [0.1, 0.15) is 5.69 Å². The molecule has 0 saturated carbocycles. The molecule has 0 aliphatic carbocycles. The van der Waals surface area contributed by atoms with Crippen molar-refractivity contribution in [1.82, 2.24) is 0 Å². The molecule has 3 rings (SSSR count). The number of carbonyl (C=O) groups is 2. The van der Waals surface area contributed by atoms with E-state index in [1.807, 2.05) is 30.3 Å². The van der Waals surface area contributed by atoms with Crippen molar-refractivity contribution in [3.8, 4) is 0 Å². The van der Waals surface area contributed by atoms with Gasteiger partial charge in [0.15, 0.2) is 0 Å². The van der Waals surface area contributed by atoms with E-state index in [1.165, 1.54) is 25.1 Å².